The number of carbonyl (C=O) groups excluding carboxylic acids is 1. The molecule has 1 amide bonds. The Balaban J connectivity index is 2.16. The van der Waals surface area contributed by atoms with Crippen LogP contribution in [0.15, 0.2) is 41.6 Å². The second-order valence-corrected chi connectivity index (χ2v) is 5.96. The smallest absolute Gasteiger partial charge is 0.307 e. The molecule has 0 spiro atoms. The van der Waals surface area contributed by atoms with Crippen LogP contribution in [0, 0.1) is 5.41 Å². The molecule has 118 valence electrons. The Labute approximate surface area is 126 Å². The molecule has 6 heteroatoms. The standard InChI is InChI=1S/C16H17F3N2O/c1-10-8-11(4-6-15(10,2)3)14(22)21-13-9-12(5-7-20-13)16(17,18)19/h4-5,7-9H,6H2,1-3H3,(H,20,21,22). The number of alkyl halides is 3. The van der Waals surface area contributed by atoms with Crippen molar-refractivity contribution >= 4 is 11.7 Å². The molecule has 1 N–H and O–H groups in total. The van der Waals surface area contributed by atoms with Crippen LogP contribution in [0.2, 0.25) is 0 Å². The van der Waals surface area contributed by atoms with E-state index in [4.69, 9.17) is 0 Å². The number of halogens is 3. The summed E-state index contributed by atoms with van der Waals surface area (Å²) in [6.07, 6.45) is 0.807. The van der Waals surface area contributed by atoms with E-state index in [0.29, 0.717) is 12.0 Å². The number of hydrogen-bond acceptors (Lipinski definition) is 2. The highest BCUT2D eigenvalue weighted by Crippen LogP contribution is 2.35. The van der Waals surface area contributed by atoms with Crippen LogP contribution in [0.5, 0.6) is 0 Å². The molecule has 3 nitrogen and oxygen atoms in total. The van der Waals surface area contributed by atoms with Gasteiger partial charge in [-0.2, -0.15) is 13.2 Å². The average Bonchev–Trinajstić information content (AvgIpc) is 2.41. The van der Waals surface area contributed by atoms with Crippen molar-refractivity contribution in [1.29, 1.82) is 0 Å². The molecular formula is C16H17F3N2O. The normalized spacial score (nSPS) is 17.5. The van der Waals surface area contributed by atoms with Crippen LogP contribution in [-0.4, -0.2) is 10.9 Å². The summed E-state index contributed by atoms with van der Waals surface area (Å²) < 4.78 is 37.9. The van der Waals surface area contributed by atoms with Gasteiger partial charge in [-0.3, -0.25) is 4.79 Å². The van der Waals surface area contributed by atoms with Crippen LogP contribution in [0.1, 0.15) is 32.8 Å². The lowest BCUT2D eigenvalue weighted by atomic mass is 9.77. The number of nitrogens with one attached hydrogen (secondary N) is 1. The first kappa shape index (κ1) is 16.3. The lowest BCUT2D eigenvalue weighted by molar-refractivity contribution is -0.137. The molecule has 0 aromatic carbocycles. The second-order valence-electron chi connectivity index (χ2n) is 5.96. The number of allylic oxidation sites excluding steroid dienone is 2. The van der Waals surface area contributed by atoms with E-state index in [1.807, 2.05) is 6.92 Å². The van der Waals surface area contributed by atoms with E-state index < -0.39 is 17.6 Å². The summed E-state index contributed by atoms with van der Waals surface area (Å²) in [5, 5.41) is 2.41. The molecule has 1 aliphatic carbocycles. The van der Waals surface area contributed by atoms with Gasteiger partial charge in [-0.15, -0.1) is 0 Å². The third-order valence-electron chi connectivity index (χ3n) is 3.86. The van der Waals surface area contributed by atoms with Gasteiger partial charge in [0.05, 0.1) is 5.56 Å². The van der Waals surface area contributed by atoms with Crippen molar-refractivity contribution in [2.45, 2.75) is 33.4 Å². The zero-order valence-electron chi connectivity index (χ0n) is 12.6. The molecule has 22 heavy (non-hydrogen) atoms. The number of carbonyl (C=O) groups is 1. The Hall–Kier alpha value is -2.11. The maximum Gasteiger partial charge on any atom is 0.416 e. The SMILES string of the molecule is CC1=CC(C(=O)Nc2cc(C(F)(F)F)ccn2)=CCC1(C)C. The fraction of sp³-hybridized carbons (Fsp3) is 0.375. The van der Waals surface area contributed by atoms with E-state index in [1.54, 1.807) is 12.2 Å². The number of anilines is 1. The van der Waals surface area contributed by atoms with Crippen LogP contribution >= 0.6 is 0 Å². The van der Waals surface area contributed by atoms with Gasteiger partial charge in [0.15, 0.2) is 0 Å². The summed E-state index contributed by atoms with van der Waals surface area (Å²) >= 11 is 0. The summed E-state index contributed by atoms with van der Waals surface area (Å²) in [6.45, 7) is 6.07. The van der Waals surface area contributed by atoms with Gasteiger partial charge >= 0.3 is 6.18 Å². The van der Waals surface area contributed by atoms with Crippen molar-refractivity contribution in [3.8, 4) is 0 Å². The molecule has 1 heterocycles. The number of aromatic nitrogens is 1. The Bertz CT molecular complexity index is 658. The quantitative estimate of drug-likeness (QED) is 0.883. The molecule has 1 aromatic rings. The summed E-state index contributed by atoms with van der Waals surface area (Å²) in [5.41, 5.74) is 0.634. The van der Waals surface area contributed by atoms with E-state index in [1.165, 1.54) is 0 Å². The molecule has 2 rings (SSSR count). The van der Waals surface area contributed by atoms with Gasteiger partial charge in [-0.25, -0.2) is 4.98 Å². The zero-order chi connectivity index (χ0) is 16.5. The third-order valence-corrected chi connectivity index (χ3v) is 3.86. The topological polar surface area (TPSA) is 42.0 Å². The second kappa shape index (κ2) is 5.59. The molecule has 0 bridgehead atoms. The first-order valence-electron chi connectivity index (χ1n) is 6.83. The summed E-state index contributed by atoms with van der Waals surface area (Å²) in [4.78, 5) is 15.9. The van der Waals surface area contributed by atoms with Crippen molar-refractivity contribution < 1.29 is 18.0 Å². The maximum atomic E-state index is 12.6. The minimum absolute atomic E-state index is 0.0156. The van der Waals surface area contributed by atoms with Gasteiger partial charge in [0.2, 0.25) is 0 Å². The lowest BCUT2D eigenvalue weighted by Gasteiger charge is -2.28. The average molecular weight is 310 g/mol. The molecule has 0 unspecified atom stereocenters. The van der Waals surface area contributed by atoms with Crippen molar-refractivity contribution in [3.63, 3.8) is 0 Å². The molecule has 0 atom stereocenters. The Morgan fingerprint density at radius 1 is 1.36 bits per heavy atom. The number of pyridine rings is 1. The predicted molar refractivity (Wildman–Crippen MR) is 78.1 cm³/mol. The Morgan fingerprint density at radius 2 is 2.05 bits per heavy atom. The molecule has 1 aliphatic rings. The maximum absolute atomic E-state index is 12.6. The highest BCUT2D eigenvalue weighted by atomic mass is 19.4. The predicted octanol–water partition coefficient (Wildman–Crippen LogP) is 4.34. The van der Waals surface area contributed by atoms with Gasteiger partial charge in [-0.1, -0.05) is 31.6 Å². The van der Waals surface area contributed by atoms with E-state index >= 15 is 0 Å². The fourth-order valence-electron chi connectivity index (χ4n) is 2.04. The molecule has 0 saturated heterocycles. The number of rotatable bonds is 2. The van der Waals surface area contributed by atoms with Crippen LogP contribution in [0.25, 0.3) is 0 Å². The molecule has 0 radical (unpaired) electrons. The number of amides is 1. The highest BCUT2D eigenvalue weighted by Gasteiger charge is 2.31. The lowest BCUT2D eigenvalue weighted by Crippen LogP contribution is -2.21. The van der Waals surface area contributed by atoms with Gasteiger partial charge < -0.3 is 5.32 Å². The first-order chi connectivity index (χ1) is 10.1. The monoisotopic (exact) mass is 310 g/mol. The third kappa shape index (κ3) is 3.55. The van der Waals surface area contributed by atoms with E-state index in [2.05, 4.69) is 24.1 Å². The van der Waals surface area contributed by atoms with Gasteiger partial charge in [-0.05, 0) is 30.9 Å². The van der Waals surface area contributed by atoms with Crippen molar-refractivity contribution in [3.05, 3.63) is 47.2 Å². The zero-order valence-corrected chi connectivity index (χ0v) is 12.6. The molecule has 0 aliphatic heterocycles. The summed E-state index contributed by atoms with van der Waals surface area (Å²) in [7, 11) is 0. The van der Waals surface area contributed by atoms with Gasteiger partial charge in [0.1, 0.15) is 5.82 Å². The van der Waals surface area contributed by atoms with Crippen LogP contribution < -0.4 is 5.32 Å². The summed E-state index contributed by atoms with van der Waals surface area (Å²) in [6, 6.07) is 1.68. The molecule has 0 fully saturated rings. The number of hydrogen-bond donors (Lipinski definition) is 1. The van der Waals surface area contributed by atoms with E-state index in [9.17, 15) is 18.0 Å². The Morgan fingerprint density at radius 3 is 2.64 bits per heavy atom. The van der Waals surface area contributed by atoms with Crippen molar-refractivity contribution in [2.75, 3.05) is 5.32 Å². The largest absolute Gasteiger partial charge is 0.416 e. The van der Waals surface area contributed by atoms with E-state index in [0.717, 1.165) is 23.9 Å². The van der Waals surface area contributed by atoms with Crippen LogP contribution in [0.3, 0.4) is 0 Å². The fourth-order valence-corrected chi connectivity index (χ4v) is 2.04. The number of nitrogens with zero attached hydrogens (tertiary/aromatic N) is 1. The minimum Gasteiger partial charge on any atom is -0.307 e. The molecular weight excluding hydrogens is 293 g/mol. The minimum atomic E-state index is -4.47. The van der Waals surface area contributed by atoms with Crippen molar-refractivity contribution in [1.82, 2.24) is 4.98 Å². The van der Waals surface area contributed by atoms with Crippen LogP contribution in [0.4, 0.5) is 19.0 Å². The molecule has 0 saturated carbocycles. The highest BCUT2D eigenvalue weighted by molar-refractivity contribution is 6.05. The Kier molecular flexibility index (Phi) is 4.13. The summed E-state index contributed by atoms with van der Waals surface area (Å²) in [5.74, 6) is -0.571. The first-order valence-corrected chi connectivity index (χ1v) is 6.83. The van der Waals surface area contributed by atoms with Gasteiger partial charge in [0.25, 0.3) is 5.91 Å². The van der Waals surface area contributed by atoms with Crippen molar-refractivity contribution in [2.24, 2.45) is 5.41 Å². The van der Waals surface area contributed by atoms with Gasteiger partial charge in [0, 0.05) is 11.8 Å². The van der Waals surface area contributed by atoms with E-state index in [-0.39, 0.29) is 11.2 Å². The van der Waals surface area contributed by atoms with Crippen LogP contribution in [-0.2, 0) is 11.0 Å². The molecule has 1 aromatic heterocycles.